The lowest BCUT2D eigenvalue weighted by Gasteiger charge is -2.26. The van der Waals surface area contributed by atoms with E-state index in [1.165, 1.54) is 11.8 Å². The highest BCUT2D eigenvalue weighted by atomic mass is 32.2. The number of hydrogen-bond donors (Lipinski definition) is 1. The summed E-state index contributed by atoms with van der Waals surface area (Å²) in [6.07, 6.45) is 6.20. The molecule has 158 valence electrons. The molecule has 7 heteroatoms. The normalized spacial score (nSPS) is 16.1. The van der Waals surface area contributed by atoms with Gasteiger partial charge in [-0.3, -0.25) is 4.79 Å². The summed E-state index contributed by atoms with van der Waals surface area (Å²) in [6, 6.07) is 4.75. The molecule has 1 aromatic rings. The topological polar surface area (TPSA) is 66.5 Å². The zero-order valence-corrected chi connectivity index (χ0v) is 19.3. The molecule has 0 saturated carbocycles. The minimum Gasteiger partial charge on any atom is -0.339 e. The highest BCUT2D eigenvalue weighted by Gasteiger charge is 2.27. The molecular formula is C21H34N2O3S2. The van der Waals surface area contributed by atoms with E-state index in [1.807, 2.05) is 38.9 Å². The molecule has 2 rings (SSSR count). The lowest BCUT2D eigenvalue weighted by molar-refractivity contribution is 0.0758. The summed E-state index contributed by atoms with van der Waals surface area (Å²) in [6.45, 7) is 9.53. The van der Waals surface area contributed by atoms with Crippen LogP contribution in [-0.2, 0) is 10.0 Å². The van der Waals surface area contributed by atoms with E-state index in [2.05, 4.69) is 4.72 Å². The van der Waals surface area contributed by atoms with Crippen molar-refractivity contribution < 1.29 is 13.2 Å². The van der Waals surface area contributed by atoms with E-state index in [0.29, 0.717) is 5.56 Å². The van der Waals surface area contributed by atoms with E-state index < -0.39 is 10.0 Å². The fourth-order valence-corrected chi connectivity index (χ4v) is 5.88. The summed E-state index contributed by atoms with van der Waals surface area (Å²) in [5, 5.41) is 0. The first-order chi connectivity index (χ1) is 13.2. The summed E-state index contributed by atoms with van der Waals surface area (Å²) in [5.41, 5.74) is 0.489. The number of carbonyl (C=O) groups is 1. The third kappa shape index (κ3) is 5.74. The van der Waals surface area contributed by atoms with Crippen molar-refractivity contribution in [3.05, 3.63) is 23.8 Å². The van der Waals surface area contributed by atoms with Crippen molar-refractivity contribution in [1.82, 2.24) is 9.62 Å². The Hall–Kier alpha value is -1.05. The van der Waals surface area contributed by atoms with Gasteiger partial charge in [-0.1, -0.05) is 40.5 Å². The first-order valence-corrected chi connectivity index (χ1v) is 12.9. The van der Waals surface area contributed by atoms with Gasteiger partial charge < -0.3 is 4.90 Å². The Labute approximate surface area is 174 Å². The minimum atomic E-state index is -3.70. The lowest BCUT2D eigenvalue weighted by atomic mass is 9.94. The van der Waals surface area contributed by atoms with Crippen molar-refractivity contribution >= 4 is 27.7 Å². The van der Waals surface area contributed by atoms with Gasteiger partial charge in [-0.05, 0) is 49.1 Å². The molecule has 28 heavy (non-hydrogen) atoms. The van der Waals surface area contributed by atoms with Gasteiger partial charge in [0.1, 0.15) is 0 Å². The Balaban J connectivity index is 2.36. The Kier molecular flexibility index (Phi) is 8.40. The third-order valence-corrected chi connectivity index (χ3v) is 7.59. The van der Waals surface area contributed by atoms with E-state index in [0.717, 1.165) is 43.7 Å². The summed E-state index contributed by atoms with van der Waals surface area (Å²) in [4.78, 5) is 16.0. The van der Waals surface area contributed by atoms with Gasteiger partial charge >= 0.3 is 0 Å². The Morgan fingerprint density at radius 1 is 1.04 bits per heavy atom. The van der Waals surface area contributed by atoms with E-state index >= 15 is 0 Å². The number of amides is 1. The van der Waals surface area contributed by atoms with E-state index in [4.69, 9.17) is 0 Å². The number of sulfonamides is 1. The van der Waals surface area contributed by atoms with Crippen LogP contribution in [0, 0.1) is 11.8 Å². The van der Waals surface area contributed by atoms with Gasteiger partial charge in [-0.15, -0.1) is 11.8 Å². The van der Waals surface area contributed by atoms with Gasteiger partial charge in [0.2, 0.25) is 10.0 Å². The first-order valence-electron chi connectivity index (χ1n) is 10.2. The standard InChI is InChI=1S/C21H34N2O3S2/c1-15(2)20(16(3)4)22-28(25,26)17-10-11-19(27-5)18(14-17)21(24)23-12-8-6-7-9-13-23/h10-11,14-16,20,22H,6-9,12-13H2,1-5H3. The van der Waals surface area contributed by atoms with Crippen LogP contribution in [0.5, 0.6) is 0 Å². The third-order valence-electron chi connectivity index (χ3n) is 5.33. The highest BCUT2D eigenvalue weighted by molar-refractivity contribution is 7.98. The van der Waals surface area contributed by atoms with E-state index in [1.54, 1.807) is 18.2 Å². The van der Waals surface area contributed by atoms with Gasteiger partial charge in [0.15, 0.2) is 0 Å². The second kappa shape index (κ2) is 10.1. The average Bonchev–Trinajstić information content (AvgIpc) is 2.94. The lowest BCUT2D eigenvalue weighted by Crippen LogP contribution is -2.42. The van der Waals surface area contributed by atoms with Crippen LogP contribution in [0.4, 0.5) is 0 Å². The number of hydrogen-bond acceptors (Lipinski definition) is 4. The molecule has 0 bridgehead atoms. The molecule has 1 heterocycles. The molecule has 1 saturated heterocycles. The Bertz CT molecular complexity index is 760. The van der Waals surface area contributed by atoms with Crippen molar-refractivity contribution in [1.29, 1.82) is 0 Å². The molecule has 0 atom stereocenters. The van der Waals surface area contributed by atoms with Gasteiger partial charge in [0, 0.05) is 24.0 Å². The Morgan fingerprint density at radius 3 is 2.11 bits per heavy atom. The van der Waals surface area contributed by atoms with Gasteiger partial charge in [0.25, 0.3) is 5.91 Å². The summed E-state index contributed by atoms with van der Waals surface area (Å²) in [7, 11) is -3.70. The van der Waals surface area contributed by atoms with Crippen LogP contribution in [0.2, 0.25) is 0 Å². The van der Waals surface area contributed by atoms with E-state index in [-0.39, 0.29) is 28.7 Å². The summed E-state index contributed by atoms with van der Waals surface area (Å²) in [5.74, 6) is 0.296. The number of nitrogens with zero attached hydrogens (tertiary/aromatic N) is 1. The fraction of sp³-hybridized carbons (Fsp3) is 0.667. The molecule has 1 fully saturated rings. The predicted octanol–water partition coefficient (Wildman–Crippen LogP) is 4.38. The summed E-state index contributed by atoms with van der Waals surface area (Å²) >= 11 is 1.47. The van der Waals surface area contributed by atoms with Crippen LogP contribution < -0.4 is 4.72 Å². The zero-order chi connectivity index (χ0) is 20.9. The predicted molar refractivity (Wildman–Crippen MR) is 116 cm³/mol. The van der Waals surface area contributed by atoms with Crippen LogP contribution >= 0.6 is 11.8 Å². The minimum absolute atomic E-state index is 0.0624. The number of thioether (sulfide) groups is 1. The SMILES string of the molecule is CSc1ccc(S(=O)(=O)NC(C(C)C)C(C)C)cc1C(=O)N1CCCCCC1. The first kappa shape index (κ1) is 23.2. The molecule has 0 unspecified atom stereocenters. The van der Waals surface area contributed by atoms with Gasteiger partial charge in [-0.2, -0.15) is 0 Å². The quantitative estimate of drug-likeness (QED) is 0.657. The second-order valence-electron chi connectivity index (χ2n) is 8.20. The van der Waals surface area contributed by atoms with E-state index in [9.17, 15) is 13.2 Å². The van der Waals surface area contributed by atoms with Crippen LogP contribution in [0.3, 0.4) is 0 Å². The fourth-order valence-electron chi connectivity index (χ4n) is 3.75. The van der Waals surface area contributed by atoms with Crippen LogP contribution in [0.15, 0.2) is 28.0 Å². The average molecular weight is 427 g/mol. The molecule has 0 aromatic heterocycles. The molecule has 1 aliphatic heterocycles. The zero-order valence-electron chi connectivity index (χ0n) is 17.7. The maximum Gasteiger partial charge on any atom is 0.255 e. The second-order valence-corrected chi connectivity index (χ2v) is 10.8. The smallest absolute Gasteiger partial charge is 0.255 e. The highest BCUT2D eigenvalue weighted by Crippen LogP contribution is 2.27. The van der Waals surface area contributed by atoms with Crippen LogP contribution in [0.1, 0.15) is 63.7 Å². The van der Waals surface area contributed by atoms with Crippen molar-refractivity contribution in [2.45, 2.75) is 69.2 Å². The number of benzene rings is 1. The molecular weight excluding hydrogens is 392 g/mol. The number of likely N-dealkylation sites (tertiary alicyclic amines) is 1. The molecule has 0 spiro atoms. The monoisotopic (exact) mass is 426 g/mol. The molecule has 0 aliphatic carbocycles. The van der Waals surface area contributed by atoms with Crippen LogP contribution in [-0.4, -0.2) is 44.6 Å². The Morgan fingerprint density at radius 2 is 1.61 bits per heavy atom. The molecule has 1 aromatic carbocycles. The van der Waals surface area contributed by atoms with Crippen molar-refractivity contribution in [2.24, 2.45) is 11.8 Å². The molecule has 1 aliphatic rings. The number of carbonyl (C=O) groups excluding carboxylic acids is 1. The maximum atomic E-state index is 13.1. The maximum absolute atomic E-state index is 13.1. The molecule has 1 N–H and O–H groups in total. The summed E-state index contributed by atoms with van der Waals surface area (Å²) < 4.78 is 28.9. The molecule has 1 amide bonds. The van der Waals surface area contributed by atoms with Crippen molar-refractivity contribution in [2.75, 3.05) is 19.3 Å². The number of rotatable bonds is 7. The van der Waals surface area contributed by atoms with Crippen molar-refractivity contribution in [3.8, 4) is 0 Å². The number of nitrogens with one attached hydrogen (secondary N) is 1. The van der Waals surface area contributed by atoms with Gasteiger partial charge in [-0.25, -0.2) is 13.1 Å². The largest absolute Gasteiger partial charge is 0.339 e. The molecule has 0 radical (unpaired) electrons. The molecule has 5 nitrogen and oxygen atoms in total. The van der Waals surface area contributed by atoms with Gasteiger partial charge in [0.05, 0.1) is 10.5 Å². The van der Waals surface area contributed by atoms with Crippen LogP contribution in [0.25, 0.3) is 0 Å². The van der Waals surface area contributed by atoms with Crippen molar-refractivity contribution in [3.63, 3.8) is 0 Å².